The van der Waals surface area contributed by atoms with Gasteiger partial charge in [0.25, 0.3) is 0 Å². The maximum absolute atomic E-state index is 8.44. The molecule has 6 nitrogen and oxygen atoms in total. The van der Waals surface area contributed by atoms with Crippen molar-refractivity contribution in [3.63, 3.8) is 0 Å². The molecule has 0 unspecified atom stereocenters. The fourth-order valence-electron chi connectivity index (χ4n) is 0. The van der Waals surface area contributed by atoms with Gasteiger partial charge in [-0.3, -0.25) is 8.42 Å². The van der Waals surface area contributed by atoms with Crippen LogP contribution < -0.4 is 0 Å². The Balaban J connectivity index is -0.0000000720. The summed E-state index contributed by atoms with van der Waals surface area (Å²) in [5.74, 6) is 0. The second-order valence-electron chi connectivity index (χ2n) is 0.408. The van der Waals surface area contributed by atoms with E-state index in [1.165, 1.54) is 0 Å². The Hall–Kier alpha value is 0.776. The van der Waals surface area contributed by atoms with Crippen LogP contribution in [0.3, 0.4) is 0 Å². The van der Waals surface area contributed by atoms with Gasteiger partial charge in [0.2, 0.25) is 0 Å². The molecule has 0 amide bonds. The second kappa shape index (κ2) is 11.6. The molecular weight excluding hydrogens is 350 g/mol. The van der Waals surface area contributed by atoms with Gasteiger partial charge in [0.05, 0.1) is 0 Å². The van der Waals surface area contributed by atoms with Gasteiger partial charge in [-0.15, -0.1) is 22.7 Å². The van der Waals surface area contributed by atoms with Crippen LogP contribution in [0.1, 0.15) is 0 Å². The quantitative estimate of drug-likeness (QED) is 0.465. The first-order chi connectivity index (χ1) is 3.46. The van der Waals surface area contributed by atoms with Crippen molar-refractivity contribution in [2.75, 3.05) is 0 Å². The minimum atomic E-state index is -3.11. The zero-order valence-electron chi connectivity index (χ0n) is 3.62. The Kier molecular flexibility index (Phi) is 21.1. The monoisotopic (exact) mass is 352 g/mol. The molecule has 0 aliphatic carbocycles. The molecule has 56 valence electrons. The predicted molar refractivity (Wildman–Crippen MR) is 19.4 cm³/mol. The summed E-state index contributed by atoms with van der Waals surface area (Å²) in [4.78, 5) is 0. The molecule has 0 bridgehead atoms. The Morgan fingerprint density at radius 2 is 0.778 bits per heavy atom. The summed E-state index contributed by atoms with van der Waals surface area (Å²) in [5, 5.41) is 0. The topological polar surface area (TPSA) is 126 Å². The van der Waals surface area contributed by atoms with Gasteiger partial charge in [-0.2, -0.15) is 0 Å². The standard InChI is InChI=1S/2H2O3S.Os/c2*1-4(2)3;/h2*(H2,1,2,3);/q;;+4/p-4. The summed E-state index contributed by atoms with van der Waals surface area (Å²) in [5.41, 5.74) is 0. The Bertz CT molecular complexity index is 69.1. The summed E-state index contributed by atoms with van der Waals surface area (Å²) in [6, 6.07) is 0. The fourth-order valence-corrected chi connectivity index (χ4v) is 0. The van der Waals surface area contributed by atoms with Gasteiger partial charge < -0.3 is 18.2 Å². The van der Waals surface area contributed by atoms with E-state index >= 15 is 0 Å². The van der Waals surface area contributed by atoms with Gasteiger partial charge in [-0.05, 0) is 0 Å². The average molecular weight is 350 g/mol. The summed E-state index contributed by atoms with van der Waals surface area (Å²) in [7, 11) is 0. The van der Waals surface area contributed by atoms with Crippen LogP contribution in [-0.2, 0) is 42.5 Å². The smallest absolute Gasteiger partial charge is 0.784 e. The third kappa shape index (κ3) is 669. The molecule has 9 heavy (non-hydrogen) atoms. The molecule has 0 rings (SSSR count). The maximum Gasteiger partial charge on any atom is 4.00 e. The molecule has 0 saturated carbocycles. The normalized spacial score (nSPS) is 7.78. The van der Waals surface area contributed by atoms with Crippen molar-refractivity contribution in [3.05, 3.63) is 0 Å². The molecule has 0 heterocycles. The van der Waals surface area contributed by atoms with E-state index in [4.69, 9.17) is 26.6 Å². The predicted octanol–water partition coefficient (Wildman–Crippen LogP) is -2.01. The number of rotatable bonds is 0. The van der Waals surface area contributed by atoms with Crippen LogP contribution in [0.5, 0.6) is 0 Å². The minimum Gasteiger partial charge on any atom is -0.784 e. The van der Waals surface area contributed by atoms with Crippen molar-refractivity contribution in [1.82, 2.24) is 0 Å². The third-order valence-corrected chi connectivity index (χ3v) is 0. The zero-order chi connectivity index (χ0) is 7.15. The molecule has 9 heteroatoms. The van der Waals surface area contributed by atoms with Crippen molar-refractivity contribution in [2.24, 2.45) is 0 Å². The Morgan fingerprint density at radius 3 is 0.778 bits per heavy atom. The van der Waals surface area contributed by atoms with Crippen LogP contribution in [-0.4, -0.2) is 26.6 Å². The first-order valence-electron chi connectivity index (χ1n) is 1.00. The minimum absolute atomic E-state index is 0. The van der Waals surface area contributed by atoms with Gasteiger partial charge in [-0.25, -0.2) is 0 Å². The van der Waals surface area contributed by atoms with Crippen molar-refractivity contribution >= 4 is 22.7 Å². The molecule has 0 saturated heterocycles. The van der Waals surface area contributed by atoms with Crippen LogP contribution in [0, 0.1) is 0 Å². The molecule has 0 aromatic carbocycles. The van der Waals surface area contributed by atoms with Gasteiger partial charge in [0.1, 0.15) is 0 Å². The summed E-state index contributed by atoms with van der Waals surface area (Å²) < 4.78 is 50.7. The van der Waals surface area contributed by atoms with Crippen molar-refractivity contribution < 1.29 is 46.4 Å². The summed E-state index contributed by atoms with van der Waals surface area (Å²) in [6.45, 7) is 0. The Labute approximate surface area is 69.3 Å². The van der Waals surface area contributed by atoms with Crippen LogP contribution in [0.4, 0.5) is 0 Å². The van der Waals surface area contributed by atoms with Gasteiger partial charge in [-0.1, -0.05) is 0 Å². The summed E-state index contributed by atoms with van der Waals surface area (Å²) in [6.07, 6.45) is 0. The molecule has 0 aliphatic heterocycles. The Morgan fingerprint density at radius 1 is 0.778 bits per heavy atom. The van der Waals surface area contributed by atoms with E-state index in [0.29, 0.717) is 0 Å². The fraction of sp³-hybridized carbons (Fsp3) is 0. The molecule has 0 aromatic rings. The second-order valence-corrected chi connectivity index (χ2v) is 1.22. The molecule has 0 aliphatic rings. The molecule has 0 atom stereocenters. The van der Waals surface area contributed by atoms with Crippen LogP contribution in [0.25, 0.3) is 0 Å². The van der Waals surface area contributed by atoms with Gasteiger partial charge in [0, 0.05) is 0 Å². The van der Waals surface area contributed by atoms with E-state index in [1.54, 1.807) is 0 Å². The molecule has 0 N–H and O–H groups in total. The van der Waals surface area contributed by atoms with Crippen molar-refractivity contribution in [3.8, 4) is 0 Å². The maximum atomic E-state index is 8.44. The van der Waals surface area contributed by atoms with Crippen molar-refractivity contribution in [2.45, 2.75) is 0 Å². The molecule has 0 radical (unpaired) electrons. The first-order valence-corrected chi connectivity index (χ1v) is 3.00. The van der Waals surface area contributed by atoms with Gasteiger partial charge in [0.15, 0.2) is 0 Å². The SMILES string of the molecule is O=S([O-])[O-].O=S([O-])[O-].[Os+4]. The molecule has 0 aromatic heterocycles. The average Bonchev–Trinajstić information content (AvgIpc) is 1.25. The zero-order valence-corrected chi connectivity index (χ0v) is 7.79. The number of hydrogen-bond acceptors (Lipinski definition) is 6. The first kappa shape index (κ1) is 16.4. The number of hydrogen-bond donors (Lipinski definition) is 0. The van der Waals surface area contributed by atoms with Crippen molar-refractivity contribution in [1.29, 1.82) is 0 Å². The van der Waals surface area contributed by atoms with E-state index in [2.05, 4.69) is 0 Å². The molecule has 0 fully saturated rings. The van der Waals surface area contributed by atoms with E-state index < -0.39 is 22.7 Å². The van der Waals surface area contributed by atoms with E-state index in [-0.39, 0.29) is 19.8 Å². The largest absolute Gasteiger partial charge is 4.00 e. The molecular formula is O6OsS2. The molecule has 0 spiro atoms. The van der Waals surface area contributed by atoms with Gasteiger partial charge >= 0.3 is 19.8 Å². The van der Waals surface area contributed by atoms with Crippen LogP contribution in [0.2, 0.25) is 0 Å². The third-order valence-electron chi connectivity index (χ3n) is 0. The van der Waals surface area contributed by atoms with E-state index in [9.17, 15) is 0 Å². The summed E-state index contributed by atoms with van der Waals surface area (Å²) >= 11 is -6.22. The van der Waals surface area contributed by atoms with Crippen LogP contribution in [0.15, 0.2) is 0 Å². The van der Waals surface area contributed by atoms with E-state index in [0.717, 1.165) is 0 Å². The van der Waals surface area contributed by atoms with Crippen LogP contribution >= 0.6 is 0 Å². The van der Waals surface area contributed by atoms with E-state index in [1.807, 2.05) is 0 Å².